The van der Waals surface area contributed by atoms with Gasteiger partial charge in [-0.2, -0.15) is 0 Å². The molecule has 2 aromatic carbocycles. The minimum absolute atomic E-state index is 0.00511. The largest absolute Gasteiger partial charge is 0.375 e. The Kier molecular flexibility index (Phi) is 7.03. The number of carbonyl (C=O) groups is 1. The number of thiocarbonyl (C=S) groups is 1. The highest BCUT2D eigenvalue weighted by molar-refractivity contribution is 7.80. The van der Waals surface area contributed by atoms with Crippen LogP contribution in [-0.2, 0) is 9.53 Å². The molecular weight excluding hydrogens is 482 g/mol. The van der Waals surface area contributed by atoms with Crippen LogP contribution in [0.3, 0.4) is 0 Å². The molecule has 0 spiro atoms. The first-order chi connectivity index (χ1) is 18.0. The summed E-state index contributed by atoms with van der Waals surface area (Å²) in [6.07, 6.45) is 3.88. The second-order valence-electron chi connectivity index (χ2n) is 9.12. The summed E-state index contributed by atoms with van der Waals surface area (Å²) in [5.74, 6) is -0.194. The summed E-state index contributed by atoms with van der Waals surface area (Å²) in [7, 11) is 1.50. The summed E-state index contributed by atoms with van der Waals surface area (Å²) < 4.78 is 7.15. The molecule has 3 heterocycles. The van der Waals surface area contributed by atoms with E-state index in [1.54, 1.807) is 6.20 Å². The fraction of sp³-hybridized carbons (Fsp3) is 0.207. The van der Waals surface area contributed by atoms with Crippen molar-refractivity contribution in [2.45, 2.75) is 25.9 Å². The summed E-state index contributed by atoms with van der Waals surface area (Å²) in [6.45, 7) is 4.06. The molecule has 2 aromatic heterocycles. The fourth-order valence-corrected chi connectivity index (χ4v) is 5.11. The number of methoxy groups -OCH3 is 1. The van der Waals surface area contributed by atoms with E-state index in [1.165, 1.54) is 12.7 Å². The van der Waals surface area contributed by atoms with Crippen molar-refractivity contribution in [2.24, 2.45) is 0 Å². The second-order valence-corrected chi connectivity index (χ2v) is 9.50. The van der Waals surface area contributed by atoms with Gasteiger partial charge < -0.3 is 24.8 Å². The van der Waals surface area contributed by atoms with Crippen LogP contribution in [0.1, 0.15) is 34.6 Å². The maximum atomic E-state index is 12.1. The summed E-state index contributed by atoms with van der Waals surface area (Å²) in [5.41, 5.74) is 6.89. The van der Waals surface area contributed by atoms with Gasteiger partial charge in [-0.25, -0.2) is 0 Å². The lowest BCUT2D eigenvalue weighted by atomic mass is 10.00. The first-order valence-electron chi connectivity index (χ1n) is 12.1. The fourth-order valence-electron chi connectivity index (χ4n) is 4.76. The average Bonchev–Trinajstić information content (AvgIpc) is 3.51. The molecule has 0 unspecified atom stereocenters. The Hall–Kier alpha value is -4.01. The molecule has 5 rings (SSSR count). The number of ether oxygens (including phenoxy) is 1. The van der Waals surface area contributed by atoms with E-state index in [0.717, 1.165) is 34.0 Å². The van der Waals surface area contributed by atoms with Crippen LogP contribution in [-0.4, -0.2) is 34.3 Å². The van der Waals surface area contributed by atoms with Crippen molar-refractivity contribution in [3.05, 3.63) is 108 Å². The molecule has 0 radical (unpaired) electrons. The third kappa shape index (κ3) is 4.98. The topological polar surface area (TPSA) is 71.4 Å². The van der Waals surface area contributed by atoms with Crippen molar-refractivity contribution < 1.29 is 9.53 Å². The molecule has 0 aliphatic carbocycles. The average molecular weight is 512 g/mol. The molecule has 1 amide bonds. The van der Waals surface area contributed by atoms with E-state index < -0.39 is 0 Å². The number of nitrogens with one attached hydrogen (secondary N) is 2. The number of benzene rings is 2. The number of amides is 1. The van der Waals surface area contributed by atoms with Crippen molar-refractivity contribution in [1.29, 1.82) is 0 Å². The molecule has 0 saturated carbocycles. The first-order valence-corrected chi connectivity index (χ1v) is 12.5. The molecule has 1 fully saturated rings. The SMILES string of the molecule is COCC(=O)Nc1ccc(N2C(=S)N[C@H](c3ccccn3)[C@@H]2c2cccn2-c2ccc(C)cc2)cc1C. The van der Waals surface area contributed by atoms with Gasteiger partial charge in [-0.1, -0.05) is 23.8 Å². The first kappa shape index (κ1) is 24.7. The Labute approximate surface area is 222 Å². The number of aromatic nitrogens is 2. The molecule has 188 valence electrons. The van der Waals surface area contributed by atoms with Crippen LogP contribution in [0.4, 0.5) is 11.4 Å². The predicted molar refractivity (Wildman–Crippen MR) is 150 cm³/mol. The zero-order valence-corrected chi connectivity index (χ0v) is 21.8. The van der Waals surface area contributed by atoms with Gasteiger partial charge in [-0.05, 0) is 86.2 Å². The van der Waals surface area contributed by atoms with E-state index in [4.69, 9.17) is 17.0 Å². The third-order valence-corrected chi connectivity index (χ3v) is 6.85. The lowest BCUT2D eigenvalue weighted by Gasteiger charge is -2.29. The van der Waals surface area contributed by atoms with Gasteiger partial charge >= 0.3 is 0 Å². The van der Waals surface area contributed by atoms with Gasteiger partial charge in [0.15, 0.2) is 5.11 Å². The molecule has 37 heavy (non-hydrogen) atoms. The number of pyridine rings is 1. The quantitative estimate of drug-likeness (QED) is 0.330. The van der Waals surface area contributed by atoms with E-state index in [1.807, 2.05) is 43.3 Å². The Morgan fingerprint density at radius 2 is 1.84 bits per heavy atom. The van der Waals surface area contributed by atoms with E-state index >= 15 is 0 Å². The van der Waals surface area contributed by atoms with Gasteiger partial charge in [0.25, 0.3) is 0 Å². The maximum Gasteiger partial charge on any atom is 0.250 e. The van der Waals surface area contributed by atoms with Crippen molar-refractivity contribution in [3.63, 3.8) is 0 Å². The minimum atomic E-state index is -0.194. The molecule has 2 atom stereocenters. The number of carbonyl (C=O) groups excluding carboxylic acids is 1. The second kappa shape index (κ2) is 10.5. The predicted octanol–water partition coefficient (Wildman–Crippen LogP) is 5.25. The molecule has 7 nitrogen and oxygen atoms in total. The number of hydrogen-bond donors (Lipinski definition) is 2. The smallest absolute Gasteiger partial charge is 0.250 e. The summed E-state index contributed by atoms with van der Waals surface area (Å²) in [4.78, 5) is 18.9. The lowest BCUT2D eigenvalue weighted by molar-refractivity contribution is -0.119. The van der Waals surface area contributed by atoms with Crippen LogP contribution in [0.15, 0.2) is 85.2 Å². The molecule has 0 bridgehead atoms. The molecule has 1 aliphatic heterocycles. The van der Waals surface area contributed by atoms with Gasteiger partial charge in [0.1, 0.15) is 12.6 Å². The monoisotopic (exact) mass is 511 g/mol. The number of rotatable bonds is 7. The number of nitrogens with zero attached hydrogens (tertiary/aromatic N) is 3. The molecule has 1 saturated heterocycles. The standard InChI is InChI=1S/C29H29N5O2S/c1-19-9-11-21(12-10-19)33-16-6-8-25(33)28-27(24-7-4-5-15-30-24)32-29(37)34(28)22-13-14-23(20(2)17-22)31-26(35)18-36-3/h4-17,27-28H,18H2,1-3H3,(H,31,35)(H,32,37)/t27-,28+/m1/s1. The van der Waals surface area contributed by atoms with E-state index in [-0.39, 0.29) is 24.6 Å². The van der Waals surface area contributed by atoms with Crippen LogP contribution >= 0.6 is 12.2 Å². The van der Waals surface area contributed by atoms with Crippen LogP contribution in [0.5, 0.6) is 0 Å². The highest BCUT2D eigenvalue weighted by Crippen LogP contribution is 2.42. The summed E-state index contributed by atoms with van der Waals surface area (Å²) in [5, 5.41) is 7.05. The molecule has 2 N–H and O–H groups in total. The van der Waals surface area contributed by atoms with Crippen LogP contribution in [0, 0.1) is 13.8 Å². The number of anilines is 2. The summed E-state index contributed by atoms with van der Waals surface area (Å²) >= 11 is 5.90. The molecular formula is C29H29N5O2S. The minimum Gasteiger partial charge on any atom is -0.375 e. The van der Waals surface area contributed by atoms with Crippen LogP contribution in [0.25, 0.3) is 5.69 Å². The Bertz CT molecular complexity index is 1420. The Morgan fingerprint density at radius 3 is 2.54 bits per heavy atom. The van der Waals surface area contributed by atoms with E-state index in [9.17, 15) is 4.79 Å². The normalized spacial score (nSPS) is 17.1. The van der Waals surface area contributed by atoms with E-state index in [0.29, 0.717) is 5.11 Å². The Morgan fingerprint density at radius 1 is 1.05 bits per heavy atom. The lowest BCUT2D eigenvalue weighted by Crippen LogP contribution is -2.30. The van der Waals surface area contributed by atoms with Crippen LogP contribution in [0.2, 0.25) is 0 Å². The zero-order chi connectivity index (χ0) is 25.9. The zero-order valence-electron chi connectivity index (χ0n) is 21.0. The number of aryl methyl sites for hydroxylation is 2. The highest BCUT2D eigenvalue weighted by atomic mass is 32.1. The van der Waals surface area contributed by atoms with Gasteiger partial charge in [-0.3, -0.25) is 9.78 Å². The van der Waals surface area contributed by atoms with Gasteiger partial charge in [-0.15, -0.1) is 0 Å². The van der Waals surface area contributed by atoms with Gasteiger partial charge in [0, 0.05) is 42.3 Å². The van der Waals surface area contributed by atoms with Crippen molar-refractivity contribution in [1.82, 2.24) is 14.9 Å². The summed E-state index contributed by atoms with van der Waals surface area (Å²) in [6, 6.07) is 24.2. The third-order valence-electron chi connectivity index (χ3n) is 6.53. The number of hydrogen-bond acceptors (Lipinski definition) is 4. The van der Waals surface area contributed by atoms with Crippen molar-refractivity contribution in [3.8, 4) is 5.69 Å². The molecule has 1 aliphatic rings. The van der Waals surface area contributed by atoms with Crippen molar-refractivity contribution >= 4 is 34.6 Å². The van der Waals surface area contributed by atoms with Crippen molar-refractivity contribution in [2.75, 3.05) is 23.9 Å². The molecule has 8 heteroatoms. The highest BCUT2D eigenvalue weighted by Gasteiger charge is 2.42. The van der Waals surface area contributed by atoms with Gasteiger partial charge in [0.2, 0.25) is 5.91 Å². The Balaban J connectivity index is 1.58. The maximum absolute atomic E-state index is 12.1. The van der Waals surface area contributed by atoms with Gasteiger partial charge in [0.05, 0.1) is 11.7 Å². The van der Waals surface area contributed by atoms with E-state index in [2.05, 4.69) is 74.6 Å². The van der Waals surface area contributed by atoms with Crippen LogP contribution < -0.4 is 15.5 Å². The molecule has 4 aromatic rings.